The topological polar surface area (TPSA) is 53.8 Å². The fraction of sp³-hybridized carbons (Fsp3) is 0.368. The van der Waals surface area contributed by atoms with Crippen LogP contribution in [0.3, 0.4) is 0 Å². The van der Waals surface area contributed by atoms with E-state index in [0.717, 1.165) is 11.3 Å². The maximum atomic E-state index is 12.9. The molecule has 2 heterocycles. The Hall–Kier alpha value is -2.56. The molecule has 1 aliphatic rings. The van der Waals surface area contributed by atoms with E-state index in [9.17, 15) is 9.59 Å². The first-order valence-corrected chi connectivity index (χ1v) is 8.06. The van der Waals surface area contributed by atoms with Gasteiger partial charge in [0.15, 0.2) is 0 Å². The van der Waals surface area contributed by atoms with Crippen LogP contribution in [0.2, 0.25) is 0 Å². The number of amides is 2. The molecule has 2 amide bonds. The van der Waals surface area contributed by atoms with Gasteiger partial charge in [-0.05, 0) is 44.5 Å². The minimum absolute atomic E-state index is 0.0749. The highest BCUT2D eigenvalue weighted by atomic mass is 16.3. The quantitative estimate of drug-likeness (QED) is 0.868. The number of hydrogen-bond acceptors (Lipinski definition) is 3. The lowest BCUT2D eigenvalue weighted by Crippen LogP contribution is -2.49. The molecule has 1 aliphatic heterocycles. The van der Waals surface area contributed by atoms with Crippen molar-refractivity contribution in [3.63, 3.8) is 0 Å². The van der Waals surface area contributed by atoms with Crippen molar-refractivity contribution >= 4 is 11.8 Å². The van der Waals surface area contributed by atoms with Crippen LogP contribution in [0.5, 0.6) is 0 Å². The predicted molar refractivity (Wildman–Crippen MR) is 90.2 cm³/mol. The highest BCUT2D eigenvalue weighted by Gasteiger charge is 2.33. The summed E-state index contributed by atoms with van der Waals surface area (Å²) >= 11 is 0. The Morgan fingerprint density at radius 3 is 2.58 bits per heavy atom. The van der Waals surface area contributed by atoms with Gasteiger partial charge in [-0.3, -0.25) is 9.59 Å². The van der Waals surface area contributed by atoms with Gasteiger partial charge in [0.25, 0.3) is 5.91 Å². The van der Waals surface area contributed by atoms with E-state index in [-0.39, 0.29) is 23.9 Å². The molecule has 24 heavy (non-hydrogen) atoms. The molecule has 0 aliphatic carbocycles. The van der Waals surface area contributed by atoms with E-state index in [2.05, 4.69) is 0 Å². The summed E-state index contributed by atoms with van der Waals surface area (Å²) in [6.07, 6.45) is 1.60. The van der Waals surface area contributed by atoms with Crippen molar-refractivity contribution in [2.75, 3.05) is 6.54 Å². The summed E-state index contributed by atoms with van der Waals surface area (Å²) in [5.74, 6) is 0.570. The zero-order valence-corrected chi connectivity index (χ0v) is 14.3. The van der Waals surface area contributed by atoms with Crippen LogP contribution in [0.25, 0.3) is 0 Å². The minimum Gasteiger partial charge on any atom is -0.467 e. The molecular formula is C19H22N2O3. The van der Waals surface area contributed by atoms with Crippen molar-refractivity contribution in [3.05, 3.63) is 59.5 Å². The van der Waals surface area contributed by atoms with Crippen LogP contribution in [-0.4, -0.2) is 33.7 Å². The van der Waals surface area contributed by atoms with Crippen LogP contribution in [0.15, 0.2) is 47.1 Å². The van der Waals surface area contributed by atoms with E-state index in [1.165, 1.54) is 0 Å². The lowest BCUT2D eigenvalue weighted by atomic mass is 10.1. The van der Waals surface area contributed by atoms with Crippen molar-refractivity contribution in [1.82, 2.24) is 9.80 Å². The van der Waals surface area contributed by atoms with Gasteiger partial charge in [0.1, 0.15) is 12.3 Å². The molecule has 0 saturated heterocycles. The van der Waals surface area contributed by atoms with Crippen LogP contribution in [0, 0.1) is 0 Å². The Kier molecular flexibility index (Phi) is 4.18. The minimum atomic E-state index is -0.362. The molecule has 5 heteroatoms. The van der Waals surface area contributed by atoms with Gasteiger partial charge >= 0.3 is 0 Å². The van der Waals surface area contributed by atoms with Gasteiger partial charge in [-0.25, -0.2) is 0 Å². The highest BCUT2D eigenvalue weighted by Crippen LogP contribution is 2.24. The Morgan fingerprint density at radius 2 is 1.96 bits per heavy atom. The SMILES string of the molecule is CC(C)(C)N(Cc1ccco1)C(=O)CN1Cc2ccccc2C1=O. The molecule has 0 fully saturated rings. The highest BCUT2D eigenvalue weighted by molar-refractivity contribution is 6.00. The van der Waals surface area contributed by atoms with Gasteiger partial charge in [-0.15, -0.1) is 0 Å². The van der Waals surface area contributed by atoms with Crippen molar-refractivity contribution < 1.29 is 14.0 Å². The summed E-state index contributed by atoms with van der Waals surface area (Å²) < 4.78 is 5.38. The first kappa shape index (κ1) is 16.3. The summed E-state index contributed by atoms with van der Waals surface area (Å²) in [7, 11) is 0. The summed E-state index contributed by atoms with van der Waals surface area (Å²) in [5.41, 5.74) is 1.31. The van der Waals surface area contributed by atoms with Gasteiger partial charge < -0.3 is 14.2 Å². The van der Waals surface area contributed by atoms with Crippen LogP contribution in [0.1, 0.15) is 42.5 Å². The number of furan rings is 1. The number of nitrogens with zero attached hydrogens (tertiary/aromatic N) is 2. The summed E-state index contributed by atoms with van der Waals surface area (Å²) in [6, 6.07) is 11.2. The third-order valence-electron chi connectivity index (χ3n) is 4.23. The Balaban J connectivity index is 1.74. The standard InChI is InChI=1S/C19H22N2O3/c1-19(2,3)21(12-15-8-6-10-24-15)17(22)13-20-11-14-7-4-5-9-16(14)18(20)23/h4-10H,11-13H2,1-3H3. The van der Waals surface area contributed by atoms with Crippen LogP contribution in [-0.2, 0) is 17.9 Å². The average Bonchev–Trinajstić information content (AvgIpc) is 3.13. The molecule has 1 aromatic heterocycles. The maximum absolute atomic E-state index is 12.9. The second kappa shape index (κ2) is 6.15. The molecule has 0 unspecified atom stereocenters. The van der Waals surface area contributed by atoms with Gasteiger partial charge in [0, 0.05) is 17.6 Å². The van der Waals surface area contributed by atoms with Crippen LogP contribution in [0.4, 0.5) is 0 Å². The largest absolute Gasteiger partial charge is 0.467 e. The van der Waals surface area contributed by atoms with E-state index < -0.39 is 0 Å². The van der Waals surface area contributed by atoms with E-state index >= 15 is 0 Å². The van der Waals surface area contributed by atoms with Crippen LogP contribution < -0.4 is 0 Å². The zero-order chi connectivity index (χ0) is 17.3. The van der Waals surface area contributed by atoms with Crippen molar-refractivity contribution in [2.45, 2.75) is 39.4 Å². The van der Waals surface area contributed by atoms with Gasteiger partial charge in [0.05, 0.1) is 12.8 Å². The smallest absolute Gasteiger partial charge is 0.254 e. The number of benzene rings is 1. The number of rotatable bonds is 4. The second-order valence-corrected chi connectivity index (χ2v) is 7.05. The fourth-order valence-electron chi connectivity index (χ4n) is 2.95. The molecule has 126 valence electrons. The van der Waals surface area contributed by atoms with E-state index in [4.69, 9.17) is 4.42 Å². The monoisotopic (exact) mass is 326 g/mol. The molecule has 3 rings (SSSR count). The van der Waals surface area contributed by atoms with E-state index in [1.54, 1.807) is 22.1 Å². The molecule has 5 nitrogen and oxygen atoms in total. The lowest BCUT2D eigenvalue weighted by molar-refractivity contribution is -0.137. The number of carbonyl (C=O) groups is 2. The van der Waals surface area contributed by atoms with Crippen molar-refractivity contribution in [1.29, 1.82) is 0 Å². The van der Waals surface area contributed by atoms with Crippen molar-refractivity contribution in [3.8, 4) is 0 Å². The first-order chi connectivity index (χ1) is 11.4. The normalized spacial score (nSPS) is 14.0. The summed E-state index contributed by atoms with van der Waals surface area (Å²) in [6.45, 7) is 6.90. The van der Waals surface area contributed by atoms with Crippen LogP contribution >= 0.6 is 0 Å². The number of hydrogen-bond donors (Lipinski definition) is 0. The molecule has 0 saturated carbocycles. The average molecular weight is 326 g/mol. The molecule has 0 bridgehead atoms. The fourth-order valence-corrected chi connectivity index (χ4v) is 2.95. The van der Waals surface area contributed by atoms with Gasteiger partial charge in [0.2, 0.25) is 5.91 Å². The first-order valence-electron chi connectivity index (χ1n) is 8.06. The van der Waals surface area contributed by atoms with E-state index in [1.807, 2.05) is 51.1 Å². The molecule has 0 radical (unpaired) electrons. The third kappa shape index (κ3) is 3.20. The van der Waals surface area contributed by atoms with Gasteiger partial charge in [-0.2, -0.15) is 0 Å². The Morgan fingerprint density at radius 1 is 1.21 bits per heavy atom. The molecular weight excluding hydrogens is 304 g/mol. The van der Waals surface area contributed by atoms with Crippen molar-refractivity contribution in [2.24, 2.45) is 0 Å². The molecule has 0 spiro atoms. The molecule has 2 aromatic rings. The zero-order valence-electron chi connectivity index (χ0n) is 14.3. The summed E-state index contributed by atoms with van der Waals surface area (Å²) in [4.78, 5) is 28.7. The molecule has 0 atom stereocenters. The Bertz CT molecular complexity index is 744. The number of carbonyl (C=O) groups excluding carboxylic acids is 2. The third-order valence-corrected chi connectivity index (χ3v) is 4.23. The predicted octanol–water partition coefficient (Wildman–Crippen LogP) is 3.06. The number of fused-ring (bicyclic) bond motifs is 1. The lowest BCUT2D eigenvalue weighted by Gasteiger charge is -2.36. The molecule has 1 aromatic carbocycles. The Labute approximate surface area is 141 Å². The summed E-state index contributed by atoms with van der Waals surface area (Å²) in [5, 5.41) is 0. The molecule has 0 N–H and O–H groups in total. The maximum Gasteiger partial charge on any atom is 0.254 e. The second-order valence-electron chi connectivity index (χ2n) is 7.05. The van der Waals surface area contributed by atoms with Gasteiger partial charge in [-0.1, -0.05) is 18.2 Å². The van der Waals surface area contributed by atoms with E-state index in [0.29, 0.717) is 18.7 Å².